The zero-order valence-corrected chi connectivity index (χ0v) is 13.9. The molecule has 0 fully saturated rings. The number of hydrogen-bond donors (Lipinski definition) is 0. The Balaban J connectivity index is 1.72. The molecular weight excluding hydrogens is 335 g/mol. The summed E-state index contributed by atoms with van der Waals surface area (Å²) in [7, 11) is 3.21. The molecule has 25 heavy (non-hydrogen) atoms. The maximum atomic E-state index is 13.0. The molecular formula is C17H18F3N3O2. The summed E-state index contributed by atoms with van der Waals surface area (Å²) in [4.78, 5) is 9.21. The highest BCUT2D eigenvalue weighted by atomic mass is 19.4. The highest BCUT2D eigenvalue weighted by Crippen LogP contribution is 2.32. The summed E-state index contributed by atoms with van der Waals surface area (Å²) in [6.45, 7) is 0.356. The first-order valence-electron chi connectivity index (χ1n) is 7.84. The number of anilines is 1. The van der Waals surface area contributed by atoms with Crippen LogP contribution in [0.4, 0.5) is 19.1 Å². The number of halogens is 3. The van der Waals surface area contributed by atoms with Crippen molar-refractivity contribution in [1.82, 2.24) is 9.97 Å². The standard InChI is InChI=1S/C17H18F3N3O2/c1-23(2)16-21-11(9-15(22-16)17(18,19)20)7-8-12-10-24-13-5-3-4-6-14(13)25-12/h3-6,9,12H,7-8,10H2,1-2H3. The molecule has 0 N–H and O–H groups in total. The fourth-order valence-corrected chi connectivity index (χ4v) is 2.47. The van der Waals surface area contributed by atoms with Crippen LogP contribution < -0.4 is 14.4 Å². The summed E-state index contributed by atoms with van der Waals surface area (Å²) in [5, 5.41) is 0. The Morgan fingerprint density at radius 3 is 2.56 bits per heavy atom. The number of nitrogens with zero attached hydrogens (tertiary/aromatic N) is 3. The van der Waals surface area contributed by atoms with Gasteiger partial charge in [-0.25, -0.2) is 9.97 Å². The van der Waals surface area contributed by atoms with Crippen LogP contribution >= 0.6 is 0 Å². The molecule has 1 aromatic carbocycles. The number of aryl methyl sites for hydroxylation is 1. The third-order valence-electron chi connectivity index (χ3n) is 3.75. The van der Waals surface area contributed by atoms with Gasteiger partial charge >= 0.3 is 6.18 Å². The van der Waals surface area contributed by atoms with Crippen molar-refractivity contribution < 1.29 is 22.6 Å². The molecule has 134 valence electrons. The van der Waals surface area contributed by atoms with Gasteiger partial charge in [-0.3, -0.25) is 0 Å². The second-order valence-electron chi connectivity index (χ2n) is 5.97. The lowest BCUT2D eigenvalue weighted by Gasteiger charge is -2.26. The first-order valence-corrected chi connectivity index (χ1v) is 7.84. The fraction of sp³-hybridized carbons (Fsp3) is 0.412. The van der Waals surface area contributed by atoms with Crippen molar-refractivity contribution in [1.29, 1.82) is 0 Å². The fourth-order valence-electron chi connectivity index (χ4n) is 2.47. The van der Waals surface area contributed by atoms with Crippen LogP contribution in [-0.2, 0) is 12.6 Å². The molecule has 1 aromatic heterocycles. The molecule has 1 aliphatic rings. The molecule has 0 aliphatic carbocycles. The Hall–Kier alpha value is -2.51. The van der Waals surface area contributed by atoms with Gasteiger partial charge in [0.05, 0.1) is 0 Å². The summed E-state index contributed by atoms with van der Waals surface area (Å²) in [6, 6.07) is 8.30. The van der Waals surface area contributed by atoms with Crippen molar-refractivity contribution in [3.63, 3.8) is 0 Å². The second kappa shape index (κ2) is 6.78. The molecule has 1 aliphatic heterocycles. The number of fused-ring (bicyclic) bond motifs is 1. The molecule has 2 aromatic rings. The van der Waals surface area contributed by atoms with Crippen LogP contribution in [0.5, 0.6) is 11.5 Å². The summed E-state index contributed by atoms with van der Waals surface area (Å²) in [5.41, 5.74) is -0.610. The van der Waals surface area contributed by atoms with Gasteiger partial charge in [0, 0.05) is 19.8 Å². The smallest absolute Gasteiger partial charge is 0.433 e. The number of hydrogen-bond acceptors (Lipinski definition) is 5. The van der Waals surface area contributed by atoms with Crippen LogP contribution in [0, 0.1) is 0 Å². The lowest BCUT2D eigenvalue weighted by molar-refractivity contribution is -0.141. The normalized spacial score (nSPS) is 16.6. The van der Waals surface area contributed by atoms with E-state index in [-0.39, 0.29) is 12.1 Å². The topological polar surface area (TPSA) is 47.5 Å². The largest absolute Gasteiger partial charge is 0.486 e. The first-order chi connectivity index (χ1) is 11.8. The van der Waals surface area contributed by atoms with Crippen LogP contribution in [0.2, 0.25) is 0 Å². The highest BCUT2D eigenvalue weighted by molar-refractivity contribution is 5.40. The van der Waals surface area contributed by atoms with E-state index in [2.05, 4.69) is 9.97 Å². The maximum Gasteiger partial charge on any atom is 0.433 e. The molecule has 0 saturated heterocycles. The minimum atomic E-state index is -4.51. The van der Waals surface area contributed by atoms with Gasteiger partial charge in [-0.05, 0) is 31.0 Å². The van der Waals surface area contributed by atoms with Crippen molar-refractivity contribution in [3.8, 4) is 11.5 Å². The van der Waals surface area contributed by atoms with E-state index >= 15 is 0 Å². The van der Waals surface area contributed by atoms with Gasteiger partial charge in [0.15, 0.2) is 11.5 Å². The molecule has 0 bridgehead atoms. The average Bonchev–Trinajstić information content (AvgIpc) is 2.58. The predicted octanol–water partition coefficient (Wildman–Crippen LogP) is 3.33. The van der Waals surface area contributed by atoms with Crippen LogP contribution in [-0.4, -0.2) is 36.8 Å². The molecule has 1 atom stereocenters. The summed E-state index contributed by atoms with van der Waals surface area (Å²) < 4.78 is 50.5. The van der Waals surface area contributed by atoms with Gasteiger partial charge in [-0.2, -0.15) is 13.2 Å². The Kier molecular flexibility index (Phi) is 4.69. The quantitative estimate of drug-likeness (QED) is 0.844. The lowest BCUT2D eigenvalue weighted by atomic mass is 10.1. The van der Waals surface area contributed by atoms with Crippen molar-refractivity contribution in [2.45, 2.75) is 25.1 Å². The Morgan fingerprint density at radius 1 is 1.16 bits per heavy atom. The lowest BCUT2D eigenvalue weighted by Crippen LogP contribution is -2.29. The Morgan fingerprint density at radius 2 is 1.88 bits per heavy atom. The second-order valence-corrected chi connectivity index (χ2v) is 5.97. The van der Waals surface area contributed by atoms with Crippen molar-refractivity contribution in [2.75, 3.05) is 25.6 Å². The Labute approximate surface area is 143 Å². The van der Waals surface area contributed by atoms with Crippen LogP contribution in [0.25, 0.3) is 0 Å². The summed E-state index contributed by atoms with van der Waals surface area (Å²) in [6.07, 6.45) is -3.91. The molecule has 1 unspecified atom stereocenters. The summed E-state index contributed by atoms with van der Waals surface area (Å²) in [5.74, 6) is 1.36. The van der Waals surface area contributed by atoms with E-state index in [0.717, 1.165) is 6.07 Å². The average molecular weight is 353 g/mol. The molecule has 0 saturated carbocycles. The van der Waals surface area contributed by atoms with Crippen molar-refractivity contribution in [3.05, 3.63) is 41.7 Å². The molecule has 8 heteroatoms. The van der Waals surface area contributed by atoms with Gasteiger partial charge in [0.25, 0.3) is 0 Å². The van der Waals surface area contributed by atoms with E-state index in [1.807, 2.05) is 18.2 Å². The van der Waals surface area contributed by atoms with Gasteiger partial charge in [-0.1, -0.05) is 12.1 Å². The van der Waals surface area contributed by atoms with E-state index in [9.17, 15) is 13.2 Å². The van der Waals surface area contributed by atoms with Crippen molar-refractivity contribution in [2.24, 2.45) is 0 Å². The molecule has 3 rings (SSSR count). The van der Waals surface area contributed by atoms with Gasteiger partial charge < -0.3 is 14.4 Å². The van der Waals surface area contributed by atoms with Crippen LogP contribution in [0.15, 0.2) is 30.3 Å². The SMILES string of the molecule is CN(C)c1nc(CCC2COc3ccccc3O2)cc(C(F)(F)F)n1. The van der Waals surface area contributed by atoms with Gasteiger partial charge in [0.2, 0.25) is 5.95 Å². The minimum absolute atomic E-state index is 0.0379. The maximum absolute atomic E-state index is 13.0. The molecule has 0 spiro atoms. The Bertz CT molecular complexity index is 750. The van der Waals surface area contributed by atoms with E-state index < -0.39 is 11.9 Å². The number of aromatic nitrogens is 2. The van der Waals surface area contributed by atoms with Crippen LogP contribution in [0.3, 0.4) is 0 Å². The van der Waals surface area contributed by atoms with Gasteiger partial charge in [-0.15, -0.1) is 0 Å². The number of rotatable bonds is 4. The molecule has 0 radical (unpaired) electrons. The van der Waals surface area contributed by atoms with E-state index in [0.29, 0.717) is 36.6 Å². The number of ether oxygens (including phenoxy) is 2. The molecule has 0 amide bonds. The van der Waals surface area contributed by atoms with Crippen molar-refractivity contribution >= 4 is 5.95 Å². The van der Waals surface area contributed by atoms with Gasteiger partial charge in [0.1, 0.15) is 18.4 Å². The third kappa shape index (κ3) is 4.12. The van der Waals surface area contributed by atoms with Crippen LogP contribution in [0.1, 0.15) is 17.8 Å². The predicted molar refractivity (Wildman–Crippen MR) is 86.0 cm³/mol. The summed E-state index contributed by atoms with van der Waals surface area (Å²) >= 11 is 0. The van der Waals surface area contributed by atoms with E-state index in [4.69, 9.17) is 9.47 Å². The molecule has 2 heterocycles. The minimum Gasteiger partial charge on any atom is -0.486 e. The highest BCUT2D eigenvalue weighted by Gasteiger charge is 2.34. The first kappa shape index (κ1) is 17.3. The third-order valence-corrected chi connectivity index (χ3v) is 3.75. The monoisotopic (exact) mass is 353 g/mol. The van der Waals surface area contributed by atoms with E-state index in [1.54, 1.807) is 20.2 Å². The number of benzene rings is 1. The number of alkyl halides is 3. The molecule has 5 nitrogen and oxygen atoms in total. The zero-order valence-electron chi connectivity index (χ0n) is 13.9. The zero-order chi connectivity index (χ0) is 18.0. The van der Waals surface area contributed by atoms with E-state index in [1.165, 1.54) is 4.90 Å². The number of para-hydroxylation sites is 2.